The highest BCUT2D eigenvalue weighted by Gasteiger charge is 2.06. The van der Waals surface area contributed by atoms with Crippen LogP contribution in [-0.4, -0.2) is 71.0 Å². The van der Waals surface area contributed by atoms with Crippen molar-refractivity contribution in [3.8, 4) is 11.1 Å². The predicted octanol–water partition coefficient (Wildman–Crippen LogP) is 1.95. The van der Waals surface area contributed by atoms with Crippen molar-refractivity contribution in [1.29, 1.82) is 0 Å². The number of carbonyl (C=O) groups excluding carboxylic acids is 1. The minimum Gasteiger partial charge on any atom is -0.388 e. The van der Waals surface area contributed by atoms with Gasteiger partial charge in [0.05, 0.1) is 39.6 Å². The molecule has 1 aromatic heterocycles. The van der Waals surface area contributed by atoms with E-state index in [1.54, 1.807) is 6.20 Å². The van der Waals surface area contributed by atoms with Crippen LogP contribution in [0.4, 0.5) is 11.5 Å². The van der Waals surface area contributed by atoms with Gasteiger partial charge in [0, 0.05) is 38.4 Å². The molecule has 2 rings (SSSR count). The van der Waals surface area contributed by atoms with Crippen molar-refractivity contribution in [3.63, 3.8) is 0 Å². The SMILES string of the molecule is CNc1ccc(-c2ccnc(NCCOCCOCCOCCN)c2)cc1CC=O. The molecule has 0 saturated carbocycles. The van der Waals surface area contributed by atoms with Gasteiger partial charge in [-0.3, -0.25) is 0 Å². The summed E-state index contributed by atoms with van der Waals surface area (Å²) in [5.74, 6) is 0.777. The molecule has 0 aliphatic carbocycles. The van der Waals surface area contributed by atoms with Crippen molar-refractivity contribution in [2.75, 3.05) is 70.4 Å². The van der Waals surface area contributed by atoms with Gasteiger partial charge in [0.15, 0.2) is 0 Å². The van der Waals surface area contributed by atoms with Crippen LogP contribution in [0.1, 0.15) is 5.56 Å². The summed E-state index contributed by atoms with van der Waals surface area (Å²) in [4.78, 5) is 15.3. The first-order valence-corrected chi connectivity index (χ1v) is 10.2. The molecule has 0 radical (unpaired) electrons. The lowest BCUT2D eigenvalue weighted by atomic mass is 10.0. The summed E-state index contributed by atoms with van der Waals surface area (Å²) in [5.41, 5.74) is 9.34. The summed E-state index contributed by atoms with van der Waals surface area (Å²) < 4.78 is 16.2. The molecule has 8 nitrogen and oxygen atoms in total. The van der Waals surface area contributed by atoms with Crippen LogP contribution in [0.5, 0.6) is 0 Å². The molecule has 0 fully saturated rings. The maximum absolute atomic E-state index is 11.0. The van der Waals surface area contributed by atoms with E-state index in [0.29, 0.717) is 59.2 Å². The third-order valence-corrected chi connectivity index (χ3v) is 4.33. The maximum Gasteiger partial charge on any atom is 0.126 e. The van der Waals surface area contributed by atoms with Gasteiger partial charge in [0.25, 0.3) is 0 Å². The molecule has 4 N–H and O–H groups in total. The highest BCUT2D eigenvalue weighted by Crippen LogP contribution is 2.26. The molecule has 1 aromatic carbocycles. The lowest BCUT2D eigenvalue weighted by Gasteiger charge is -2.11. The highest BCUT2D eigenvalue weighted by molar-refractivity contribution is 5.72. The molecular weight excluding hydrogens is 384 g/mol. The van der Waals surface area contributed by atoms with Crippen molar-refractivity contribution in [2.24, 2.45) is 5.73 Å². The molecule has 0 unspecified atom stereocenters. The van der Waals surface area contributed by atoms with Crippen LogP contribution in [0.3, 0.4) is 0 Å². The van der Waals surface area contributed by atoms with Crippen molar-refractivity contribution in [2.45, 2.75) is 6.42 Å². The Labute approximate surface area is 178 Å². The van der Waals surface area contributed by atoms with Gasteiger partial charge in [-0.15, -0.1) is 0 Å². The van der Waals surface area contributed by atoms with Crippen LogP contribution < -0.4 is 16.4 Å². The zero-order chi connectivity index (χ0) is 21.4. The minimum atomic E-state index is 0.377. The van der Waals surface area contributed by atoms with E-state index in [-0.39, 0.29) is 0 Å². The summed E-state index contributed by atoms with van der Waals surface area (Å²) in [7, 11) is 1.85. The van der Waals surface area contributed by atoms with E-state index in [2.05, 4.69) is 15.6 Å². The molecule has 0 bridgehead atoms. The first-order valence-electron chi connectivity index (χ1n) is 10.2. The summed E-state index contributed by atoms with van der Waals surface area (Å²) in [6.45, 7) is 4.44. The molecule has 0 spiro atoms. The Bertz CT molecular complexity index is 758. The number of benzene rings is 1. The lowest BCUT2D eigenvalue weighted by molar-refractivity contribution is -0.107. The van der Waals surface area contributed by atoms with Crippen LogP contribution in [0.15, 0.2) is 36.5 Å². The average Bonchev–Trinajstić information content (AvgIpc) is 2.78. The molecule has 0 amide bonds. The van der Waals surface area contributed by atoms with E-state index >= 15 is 0 Å². The number of nitrogens with zero attached hydrogens (tertiary/aromatic N) is 1. The number of ether oxygens (including phenoxy) is 3. The Morgan fingerprint density at radius 3 is 2.37 bits per heavy atom. The topological polar surface area (TPSA) is 108 Å². The summed E-state index contributed by atoms with van der Waals surface area (Å²) in [6, 6.07) is 9.99. The molecule has 0 aliphatic rings. The molecular formula is C22H32N4O4. The van der Waals surface area contributed by atoms with E-state index in [9.17, 15) is 4.79 Å². The Morgan fingerprint density at radius 1 is 0.967 bits per heavy atom. The Kier molecular flexibility index (Phi) is 11.5. The summed E-state index contributed by atoms with van der Waals surface area (Å²) >= 11 is 0. The predicted molar refractivity (Wildman–Crippen MR) is 119 cm³/mol. The number of aromatic nitrogens is 1. The molecule has 8 heteroatoms. The fourth-order valence-electron chi connectivity index (χ4n) is 2.86. The number of rotatable bonds is 16. The van der Waals surface area contributed by atoms with Crippen LogP contribution >= 0.6 is 0 Å². The van der Waals surface area contributed by atoms with Gasteiger partial charge in [0.2, 0.25) is 0 Å². The molecule has 30 heavy (non-hydrogen) atoms. The second-order valence-electron chi connectivity index (χ2n) is 6.48. The van der Waals surface area contributed by atoms with Gasteiger partial charge in [0.1, 0.15) is 12.1 Å². The molecule has 164 valence electrons. The lowest BCUT2D eigenvalue weighted by Crippen LogP contribution is -2.15. The van der Waals surface area contributed by atoms with Crippen molar-refractivity contribution in [3.05, 3.63) is 42.1 Å². The number of hydrogen-bond donors (Lipinski definition) is 3. The van der Waals surface area contributed by atoms with E-state index < -0.39 is 0 Å². The number of pyridine rings is 1. The number of nitrogens with one attached hydrogen (secondary N) is 2. The fourth-order valence-corrected chi connectivity index (χ4v) is 2.86. The minimum absolute atomic E-state index is 0.377. The smallest absolute Gasteiger partial charge is 0.126 e. The standard InChI is InChI=1S/C22H32N4O4/c1-24-21-3-2-18(16-20(21)5-9-27)19-4-7-25-22(17-19)26-8-11-29-13-15-30-14-12-28-10-6-23/h2-4,7,9,16-17,24H,5-6,8,10-15,23H2,1H3,(H,25,26). The quantitative estimate of drug-likeness (QED) is 0.282. The van der Waals surface area contributed by atoms with Gasteiger partial charge in [-0.1, -0.05) is 6.07 Å². The third kappa shape index (κ3) is 8.46. The second kappa shape index (κ2) is 14.5. The van der Waals surface area contributed by atoms with Gasteiger partial charge in [-0.25, -0.2) is 4.98 Å². The van der Waals surface area contributed by atoms with Gasteiger partial charge in [-0.2, -0.15) is 0 Å². The fraction of sp³-hybridized carbons (Fsp3) is 0.455. The molecule has 0 saturated heterocycles. The monoisotopic (exact) mass is 416 g/mol. The largest absolute Gasteiger partial charge is 0.388 e. The first-order chi connectivity index (χ1) is 14.8. The molecule has 2 aromatic rings. The van der Waals surface area contributed by atoms with Crippen LogP contribution in [0, 0.1) is 0 Å². The van der Waals surface area contributed by atoms with Crippen LogP contribution in [0.2, 0.25) is 0 Å². The number of aldehydes is 1. The van der Waals surface area contributed by atoms with Crippen molar-refractivity contribution < 1.29 is 19.0 Å². The van der Waals surface area contributed by atoms with E-state index in [4.69, 9.17) is 19.9 Å². The summed E-state index contributed by atoms with van der Waals surface area (Å²) in [5, 5.41) is 6.38. The highest BCUT2D eigenvalue weighted by atomic mass is 16.5. The average molecular weight is 417 g/mol. The molecule has 0 aliphatic heterocycles. The number of anilines is 2. The van der Waals surface area contributed by atoms with E-state index in [1.165, 1.54) is 0 Å². The second-order valence-corrected chi connectivity index (χ2v) is 6.48. The van der Waals surface area contributed by atoms with Crippen LogP contribution in [-0.2, 0) is 25.4 Å². The van der Waals surface area contributed by atoms with Gasteiger partial charge in [-0.05, 0) is 41.0 Å². The Morgan fingerprint density at radius 2 is 1.67 bits per heavy atom. The Balaban J connectivity index is 1.73. The van der Waals surface area contributed by atoms with Crippen molar-refractivity contribution >= 4 is 17.8 Å². The van der Waals surface area contributed by atoms with Crippen LogP contribution in [0.25, 0.3) is 11.1 Å². The Hall–Kier alpha value is -2.52. The molecule has 1 heterocycles. The van der Waals surface area contributed by atoms with Gasteiger partial charge >= 0.3 is 0 Å². The zero-order valence-corrected chi connectivity index (χ0v) is 17.6. The normalized spacial score (nSPS) is 10.7. The van der Waals surface area contributed by atoms with Crippen molar-refractivity contribution in [1.82, 2.24) is 4.98 Å². The summed E-state index contributed by atoms with van der Waals surface area (Å²) in [6.07, 6.45) is 3.06. The number of hydrogen-bond acceptors (Lipinski definition) is 8. The number of carbonyl (C=O) groups is 1. The van der Waals surface area contributed by atoms with E-state index in [1.807, 2.05) is 37.4 Å². The third-order valence-electron chi connectivity index (χ3n) is 4.33. The molecule has 0 atom stereocenters. The maximum atomic E-state index is 11.0. The van der Waals surface area contributed by atoms with E-state index in [0.717, 1.165) is 34.5 Å². The number of nitrogens with two attached hydrogens (primary N) is 1. The van der Waals surface area contributed by atoms with Gasteiger partial charge < -0.3 is 35.4 Å². The first kappa shape index (κ1) is 23.8. The zero-order valence-electron chi connectivity index (χ0n) is 17.6.